The van der Waals surface area contributed by atoms with E-state index in [1.807, 2.05) is 0 Å². The standard InChI is InChI=1S/C13H17NO6S/c1-10-8-11(2-3-12(10)20-9-13(15)16)21(17,18)14-4-6-19-7-5-14/h2-3,8H,4-7,9H2,1H3,(H,15,16). The molecule has 1 aliphatic rings. The van der Waals surface area contributed by atoms with Crippen LogP contribution >= 0.6 is 0 Å². The number of carboxylic acids is 1. The molecule has 1 aliphatic heterocycles. The predicted molar refractivity (Wildman–Crippen MR) is 73.9 cm³/mol. The van der Waals surface area contributed by atoms with Gasteiger partial charge in [0, 0.05) is 13.1 Å². The summed E-state index contributed by atoms with van der Waals surface area (Å²) < 4.78 is 36.5. The lowest BCUT2D eigenvalue weighted by molar-refractivity contribution is -0.139. The molecule has 1 N–H and O–H groups in total. The molecule has 0 bridgehead atoms. The molecule has 1 fully saturated rings. The predicted octanol–water partition coefficient (Wildman–Crippen LogP) is 0.479. The zero-order valence-electron chi connectivity index (χ0n) is 11.6. The Labute approximate surface area is 123 Å². The van der Waals surface area contributed by atoms with Crippen LogP contribution in [0.2, 0.25) is 0 Å². The average molecular weight is 315 g/mol. The highest BCUT2D eigenvalue weighted by Gasteiger charge is 2.26. The number of sulfonamides is 1. The van der Waals surface area contributed by atoms with Gasteiger partial charge in [0.25, 0.3) is 0 Å². The molecule has 0 aliphatic carbocycles. The molecule has 0 radical (unpaired) electrons. The zero-order chi connectivity index (χ0) is 15.5. The van der Waals surface area contributed by atoms with E-state index in [1.165, 1.54) is 22.5 Å². The summed E-state index contributed by atoms with van der Waals surface area (Å²) >= 11 is 0. The Hall–Kier alpha value is -1.64. The van der Waals surface area contributed by atoms with Gasteiger partial charge in [-0.1, -0.05) is 0 Å². The molecule has 1 aromatic rings. The minimum absolute atomic E-state index is 0.171. The number of nitrogens with zero attached hydrogens (tertiary/aromatic N) is 1. The molecule has 116 valence electrons. The first kappa shape index (κ1) is 15.7. The molecule has 21 heavy (non-hydrogen) atoms. The van der Waals surface area contributed by atoms with Crippen LogP contribution < -0.4 is 4.74 Å². The highest BCUT2D eigenvalue weighted by molar-refractivity contribution is 7.89. The second kappa shape index (κ2) is 6.42. The topological polar surface area (TPSA) is 93.1 Å². The number of benzene rings is 1. The van der Waals surface area contributed by atoms with E-state index in [-0.39, 0.29) is 4.90 Å². The Balaban J connectivity index is 2.20. The minimum atomic E-state index is -3.55. The first-order chi connectivity index (χ1) is 9.91. The molecule has 0 amide bonds. The first-order valence-electron chi connectivity index (χ1n) is 6.44. The Morgan fingerprint density at radius 2 is 2.05 bits per heavy atom. The average Bonchev–Trinajstić information content (AvgIpc) is 2.46. The fourth-order valence-electron chi connectivity index (χ4n) is 2.02. The van der Waals surface area contributed by atoms with Gasteiger partial charge in [-0.05, 0) is 30.7 Å². The lowest BCUT2D eigenvalue weighted by Gasteiger charge is -2.26. The summed E-state index contributed by atoms with van der Waals surface area (Å²) in [5.74, 6) is -0.724. The normalized spacial score (nSPS) is 16.6. The highest BCUT2D eigenvalue weighted by Crippen LogP contribution is 2.24. The van der Waals surface area contributed by atoms with Gasteiger partial charge in [0.05, 0.1) is 18.1 Å². The second-order valence-corrected chi connectivity index (χ2v) is 6.56. The third-order valence-electron chi connectivity index (χ3n) is 3.11. The third kappa shape index (κ3) is 3.72. The van der Waals surface area contributed by atoms with Crippen LogP contribution in [0.25, 0.3) is 0 Å². The van der Waals surface area contributed by atoms with Gasteiger partial charge in [0.1, 0.15) is 5.75 Å². The number of ether oxygens (including phenoxy) is 2. The molecule has 1 aromatic carbocycles. The summed E-state index contributed by atoms with van der Waals surface area (Å²) in [6.45, 7) is 2.65. The van der Waals surface area contributed by atoms with Crippen molar-refractivity contribution in [3.05, 3.63) is 23.8 Å². The third-order valence-corrected chi connectivity index (χ3v) is 5.00. The van der Waals surface area contributed by atoms with Crippen LogP contribution in [0.1, 0.15) is 5.56 Å². The van der Waals surface area contributed by atoms with Crippen molar-refractivity contribution in [2.75, 3.05) is 32.9 Å². The summed E-state index contributed by atoms with van der Waals surface area (Å²) in [7, 11) is -3.55. The van der Waals surface area contributed by atoms with Gasteiger partial charge < -0.3 is 14.6 Å². The monoisotopic (exact) mass is 315 g/mol. The smallest absolute Gasteiger partial charge is 0.341 e. The van der Waals surface area contributed by atoms with Gasteiger partial charge in [-0.15, -0.1) is 0 Å². The van der Waals surface area contributed by atoms with Crippen LogP contribution in [-0.4, -0.2) is 56.7 Å². The van der Waals surface area contributed by atoms with Crippen LogP contribution in [0, 0.1) is 6.92 Å². The van der Waals surface area contributed by atoms with Gasteiger partial charge in [-0.25, -0.2) is 13.2 Å². The number of hydrogen-bond donors (Lipinski definition) is 1. The van der Waals surface area contributed by atoms with Gasteiger partial charge in [0.2, 0.25) is 10.0 Å². The van der Waals surface area contributed by atoms with Gasteiger partial charge >= 0.3 is 5.97 Å². The van der Waals surface area contributed by atoms with Crippen molar-refractivity contribution >= 4 is 16.0 Å². The Morgan fingerprint density at radius 1 is 1.38 bits per heavy atom. The maximum absolute atomic E-state index is 12.5. The molecule has 8 heteroatoms. The maximum atomic E-state index is 12.5. The Kier molecular flexibility index (Phi) is 4.81. The lowest BCUT2D eigenvalue weighted by Crippen LogP contribution is -2.40. The SMILES string of the molecule is Cc1cc(S(=O)(=O)N2CCOCC2)ccc1OCC(=O)O. The zero-order valence-corrected chi connectivity index (χ0v) is 12.4. The quantitative estimate of drug-likeness (QED) is 0.849. The molecule has 0 atom stereocenters. The van der Waals surface area contributed by atoms with Crippen molar-refractivity contribution in [2.24, 2.45) is 0 Å². The fourth-order valence-corrected chi connectivity index (χ4v) is 3.51. The molecular formula is C13H17NO6S. The molecule has 0 unspecified atom stereocenters. The van der Waals surface area contributed by atoms with Crippen molar-refractivity contribution in [3.8, 4) is 5.75 Å². The van der Waals surface area contributed by atoms with Gasteiger partial charge in [-0.2, -0.15) is 4.31 Å². The summed E-state index contributed by atoms with van der Waals surface area (Å²) in [5.41, 5.74) is 0.575. The summed E-state index contributed by atoms with van der Waals surface area (Å²) in [4.78, 5) is 10.6. The molecule has 1 saturated heterocycles. The van der Waals surface area contributed by atoms with Crippen molar-refractivity contribution in [1.29, 1.82) is 0 Å². The molecule has 1 heterocycles. The first-order valence-corrected chi connectivity index (χ1v) is 7.88. The number of aryl methyl sites for hydroxylation is 1. The lowest BCUT2D eigenvalue weighted by atomic mass is 10.2. The number of rotatable bonds is 5. The van der Waals surface area contributed by atoms with Crippen LogP contribution in [-0.2, 0) is 19.6 Å². The van der Waals surface area contributed by atoms with E-state index in [1.54, 1.807) is 6.92 Å². The fraction of sp³-hybridized carbons (Fsp3) is 0.462. The highest BCUT2D eigenvalue weighted by atomic mass is 32.2. The molecule has 2 rings (SSSR count). The van der Waals surface area contributed by atoms with E-state index in [2.05, 4.69) is 0 Å². The van der Waals surface area contributed by atoms with E-state index in [9.17, 15) is 13.2 Å². The molecule has 7 nitrogen and oxygen atoms in total. The van der Waals surface area contributed by atoms with E-state index in [0.29, 0.717) is 37.6 Å². The van der Waals surface area contributed by atoms with E-state index in [4.69, 9.17) is 14.6 Å². The van der Waals surface area contributed by atoms with Crippen LogP contribution in [0.3, 0.4) is 0 Å². The van der Waals surface area contributed by atoms with Crippen LogP contribution in [0.4, 0.5) is 0 Å². The number of carboxylic acid groups (broad SMARTS) is 1. The summed E-state index contributed by atoms with van der Waals surface area (Å²) in [6.07, 6.45) is 0. The Bertz CT molecular complexity index is 622. The van der Waals surface area contributed by atoms with Gasteiger partial charge in [-0.3, -0.25) is 0 Å². The molecule has 0 aromatic heterocycles. The van der Waals surface area contributed by atoms with Gasteiger partial charge in [0.15, 0.2) is 6.61 Å². The second-order valence-electron chi connectivity index (χ2n) is 4.63. The molecule has 0 spiro atoms. The summed E-state index contributed by atoms with van der Waals surface area (Å²) in [5, 5.41) is 8.58. The van der Waals surface area contributed by atoms with Crippen molar-refractivity contribution in [2.45, 2.75) is 11.8 Å². The number of morpholine rings is 1. The van der Waals surface area contributed by atoms with E-state index in [0.717, 1.165) is 0 Å². The maximum Gasteiger partial charge on any atom is 0.341 e. The van der Waals surface area contributed by atoms with Crippen molar-refractivity contribution in [1.82, 2.24) is 4.31 Å². The van der Waals surface area contributed by atoms with E-state index < -0.39 is 22.6 Å². The molecular weight excluding hydrogens is 298 g/mol. The van der Waals surface area contributed by atoms with Crippen molar-refractivity contribution < 1.29 is 27.8 Å². The number of hydrogen-bond acceptors (Lipinski definition) is 5. The summed E-state index contributed by atoms with van der Waals surface area (Å²) in [6, 6.07) is 4.39. The molecule has 0 saturated carbocycles. The number of aliphatic carboxylic acids is 1. The Morgan fingerprint density at radius 3 is 2.62 bits per heavy atom. The van der Waals surface area contributed by atoms with E-state index >= 15 is 0 Å². The van der Waals surface area contributed by atoms with Crippen LogP contribution in [0.15, 0.2) is 23.1 Å². The number of carbonyl (C=O) groups is 1. The largest absolute Gasteiger partial charge is 0.482 e. The van der Waals surface area contributed by atoms with Crippen LogP contribution in [0.5, 0.6) is 5.75 Å². The minimum Gasteiger partial charge on any atom is -0.482 e. The van der Waals surface area contributed by atoms with Crippen molar-refractivity contribution in [3.63, 3.8) is 0 Å².